The van der Waals surface area contributed by atoms with Crippen LogP contribution in [0.25, 0.3) is 5.69 Å². The van der Waals surface area contributed by atoms with E-state index in [4.69, 9.17) is 21.7 Å². The van der Waals surface area contributed by atoms with Crippen LogP contribution in [0.4, 0.5) is 0 Å². The van der Waals surface area contributed by atoms with Gasteiger partial charge in [-0.3, -0.25) is 14.8 Å². The molecule has 7 nitrogen and oxygen atoms in total. The lowest BCUT2D eigenvalue weighted by Crippen LogP contribution is -2.09. The van der Waals surface area contributed by atoms with Gasteiger partial charge in [-0.2, -0.15) is 0 Å². The third-order valence-corrected chi connectivity index (χ3v) is 4.78. The highest BCUT2D eigenvalue weighted by molar-refractivity contribution is 6.31. The predicted molar refractivity (Wildman–Crippen MR) is 104 cm³/mol. The highest BCUT2D eigenvalue weighted by atomic mass is 35.5. The summed E-state index contributed by atoms with van der Waals surface area (Å²) in [7, 11) is 0. The first-order chi connectivity index (χ1) is 13.6. The number of aromatic nitrogens is 3. The molecule has 0 aliphatic carbocycles. The standard InChI is InChI=1S/C20H17ClN4O3/c21-12-4-6-17-14(9-12)19(15-3-1-2-8-22-15)24-16(5-7-18(27)28)20-23-13(11-26)10-25(17)20/h1-4,6,8-10,16,26H,5,7,11H2,(H,27,28)/t16-/m0/s1. The molecule has 0 spiro atoms. The normalized spacial score (nSPS) is 15.4. The summed E-state index contributed by atoms with van der Waals surface area (Å²) >= 11 is 6.26. The number of hydrogen-bond donors (Lipinski definition) is 2. The third kappa shape index (κ3) is 3.42. The van der Waals surface area contributed by atoms with Crippen molar-refractivity contribution in [1.82, 2.24) is 14.5 Å². The van der Waals surface area contributed by atoms with Gasteiger partial charge in [0.2, 0.25) is 0 Å². The Morgan fingerprint density at radius 1 is 1.25 bits per heavy atom. The van der Waals surface area contributed by atoms with E-state index in [1.165, 1.54) is 0 Å². The second kappa shape index (κ2) is 7.53. The summed E-state index contributed by atoms with van der Waals surface area (Å²) in [6.45, 7) is -0.217. The fourth-order valence-electron chi connectivity index (χ4n) is 3.30. The van der Waals surface area contributed by atoms with Crippen LogP contribution in [-0.4, -0.2) is 36.4 Å². The molecule has 1 aliphatic rings. The summed E-state index contributed by atoms with van der Waals surface area (Å²) in [5.74, 6) is -0.320. The molecule has 1 atom stereocenters. The molecule has 28 heavy (non-hydrogen) atoms. The lowest BCUT2D eigenvalue weighted by Gasteiger charge is -2.11. The molecule has 1 aliphatic heterocycles. The van der Waals surface area contributed by atoms with Crippen LogP contribution < -0.4 is 0 Å². The van der Waals surface area contributed by atoms with Gasteiger partial charge in [-0.05, 0) is 36.8 Å². The van der Waals surface area contributed by atoms with Crippen molar-refractivity contribution in [2.45, 2.75) is 25.5 Å². The zero-order valence-corrected chi connectivity index (χ0v) is 15.5. The van der Waals surface area contributed by atoms with Crippen molar-refractivity contribution in [3.8, 4) is 5.69 Å². The fourth-order valence-corrected chi connectivity index (χ4v) is 3.47. The summed E-state index contributed by atoms with van der Waals surface area (Å²) in [6, 6.07) is 10.5. The minimum Gasteiger partial charge on any atom is -0.481 e. The number of carboxylic acid groups (broad SMARTS) is 1. The number of rotatable bonds is 5. The maximum atomic E-state index is 11.2. The zero-order chi connectivity index (χ0) is 19.7. The molecular weight excluding hydrogens is 380 g/mol. The van der Waals surface area contributed by atoms with Crippen molar-refractivity contribution in [3.05, 3.63) is 76.6 Å². The SMILES string of the molecule is O=C(O)CC[C@@H]1N=C(c2ccccn2)c2cc(Cl)ccc2-n2cc(CO)nc21. The number of benzene rings is 1. The number of carboxylic acids is 1. The molecule has 0 unspecified atom stereocenters. The predicted octanol–water partition coefficient (Wildman–Crippen LogP) is 3.17. The highest BCUT2D eigenvalue weighted by Gasteiger charge is 2.28. The molecule has 3 heterocycles. The van der Waals surface area contributed by atoms with Crippen LogP contribution in [0.5, 0.6) is 0 Å². The molecule has 3 aromatic rings. The number of aliphatic hydroxyl groups excluding tert-OH is 1. The van der Waals surface area contributed by atoms with Crippen molar-refractivity contribution >= 4 is 23.3 Å². The van der Waals surface area contributed by atoms with Crippen molar-refractivity contribution in [2.75, 3.05) is 0 Å². The van der Waals surface area contributed by atoms with Crippen LogP contribution in [0.15, 0.2) is 53.8 Å². The van der Waals surface area contributed by atoms with Gasteiger partial charge in [0.1, 0.15) is 11.9 Å². The molecular formula is C20H17ClN4O3. The van der Waals surface area contributed by atoms with Crippen LogP contribution >= 0.6 is 11.6 Å². The second-order valence-corrected chi connectivity index (χ2v) is 6.86. The summed E-state index contributed by atoms with van der Waals surface area (Å²) in [6.07, 6.45) is 3.64. The molecule has 1 aromatic carbocycles. The van der Waals surface area contributed by atoms with E-state index in [1.54, 1.807) is 18.5 Å². The maximum absolute atomic E-state index is 11.2. The second-order valence-electron chi connectivity index (χ2n) is 6.42. The fraction of sp³-hybridized carbons (Fsp3) is 0.200. The Bertz CT molecular complexity index is 1060. The Hall–Kier alpha value is -3.03. The van der Waals surface area contributed by atoms with E-state index in [0.29, 0.717) is 27.9 Å². The van der Waals surface area contributed by atoms with Gasteiger partial charge < -0.3 is 14.8 Å². The summed E-state index contributed by atoms with van der Waals surface area (Å²) in [4.78, 5) is 24.9. The minimum atomic E-state index is -0.903. The number of halogens is 1. The maximum Gasteiger partial charge on any atom is 0.303 e. The molecule has 4 rings (SSSR count). The topological polar surface area (TPSA) is 101 Å². The Morgan fingerprint density at radius 3 is 2.82 bits per heavy atom. The molecule has 0 fully saturated rings. The van der Waals surface area contributed by atoms with Gasteiger partial charge in [-0.15, -0.1) is 0 Å². The first-order valence-corrected chi connectivity index (χ1v) is 9.15. The van der Waals surface area contributed by atoms with Crippen LogP contribution in [0, 0.1) is 0 Å². The number of fused-ring (bicyclic) bond motifs is 3. The molecule has 0 amide bonds. The summed E-state index contributed by atoms with van der Waals surface area (Å²) in [5, 5.41) is 19.3. The highest BCUT2D eigenvalue weighted by Crippen LogP contribution is 2.34. The molecule has 0 radical (unpaired) electrons. The monoisotopic (exact) mass is 396 g/mol. The van der Waals surface area contributed by atoms with Crippen LogP contribution in [0.2, 0.25) is 5.02 Å². The van der Waals surface area contributed by atoms with Crippen molar-refractivity contribution in [2.24, 2.45) is 4.99 Å². The Labute approximate surface area is 166 Å². The Balaban J connectivity index is 1.96. The molecule has 2 N–H and O–H groups in total. The van der Waals surface area contributed by atoms with E-state index in [1.807, 2.05) is 34.9 Å². The van der Waals surface area contributed by atoms with Crippen LogP contribution in [0.3, 0.4) is 0 Å². The zero-order valence-electron chi connectivity index (χ0n) is 14.8. The number of aliphatic imine (C=N–C) groups is 1. The van der Waals surface area contributed by atoms with Crippen LogP contribution in [-0.2, 0) is 11.4 Å². The lowest BCUT2D eigenvalue weighted by atomic mass is 10.0. The summed E-state index contributed by atoms with van der Waals surface area (Å²) < 4.78 is 1.85. The molecule has 8 heteroatoms. The first kappa shape index (κ1) is 18.3. The quantitative estimate of drug-likeness (QED) is 0.689. The first-order valence-electron chi connectivity index (χ1n) is 8.77. The van der Waals surface area contributed by atoms with E-state index in [9.17, 15) is 9.90 Å². The average Bonchev–Trinajstić information content (AvgIpc) is 3.08. The smallest absolute Gasteiger partial charge is 0.303 e. The minimum absolute atomic E-state index is 0.0535. The Kier molecular flexibility index (Phi) is 4.93. The number of carbonyl (C=O) groups is 1. The van der Waals surface area contributed by atoms with E-state index in [0.717, 1.165) is 11.3 Å². The van der Waals surface area contributed by atoms with Gasteiger partial charge in [0.25, 0.3) is 0 Å². The molecule has 0 saturated carbocycles. The molecule has 142 valence electrons. The molecule has 2 aromatic heterocycles. The van der Waals surface area contributed by atoms with E-state index in [2.05, 4.69) is 9.97 Å². The third-order valence-electron chi connectivity index (χ3n) is 4.54. The number of aliphatic carboxylic acids is 1. The number of aliphatic hydroxyl groups is 1. The number of imidazole rings is 1. The van der Waals surface area contributed by atoms with Crippen LogP contribution in [0.1, 0.15) is 41.7 Å². The average molecular weight is 397 g/mol. The van der Waals surface area contributed by atoms with E-state index < -0.39 is 12.0 Å². The lowest BCUT2D eigenvalue weighted by molar-refractivity contribution is -0.137. The molecule has 0 bridgehead atoms. The van der Waals surface area contributed by atoms with Crippen molar-refractivity contribution in [1.29, 1.82) is 0 Å². The number of hydrogen-bond acceptors (Lipinski definition) is 5. The molecule has 0 saturated heterocycles. The Morgan fingerprint density at radius 2 is 2.11 bits per heavy atom. The number of nitrogens with zero attached hydrogens (tertiary/aromatic N) is 4. The van der Waals surface area contributed by atoms with Gasteiger partial charge in [0.05, 0.1) is 29.4 Å². The van der Waals surface area contributed by atoms with Gasteiger partial charge in [0, 0.05) is 29.4 Å². The van der Waals surface area contributed by atoms with Crippen molar-refractivity contribution < 1.29 is 15.0 Å². The van der Waals surface area contributed by atoms with E-state index in [-0.39, 0.29) is 19.4 Å². The van der Waals surface area contributed by atoms with Gasteiger partial charge in [-0.25, -0.2) is 4.98 Å². The van der Waals surface area contributed by atoms with Gasteiger partial charge in [-0.1, -0.05) is 17.7 Å². The summed E-state index contributed by atoms with van der Waals surface area (Å²) in [5.41, 5.74) is 3.36. The largest absolute Gasteiger partial charge is 0.481 e. The van der Waals surface area contributed by atoms with E-state index >= 15 is 0 Å². The van der Waals surface area contributed by atoms with Crippen molar-refractivity contribution in [3.63, 3.8) is 0 Å². The van der Waals surface area contributed by atoms with Gasteiger partial charge >= 0.3 is 5.97 Å². The van der Waals surface area contributed by atoms with Gasteiger partial charge in [0.15, 0.2) is 0 Å². The number of pyridine rings is 1.